The second-order valence-electron chi connectivity index (χ2n) is 4.87. The molecule has 24 heavy (non-hydrogen) atoms. The van der Waals surface area contributed by atoms with Gasteiger partial charge >= 0.3 is 18.1 Å². The molecule has 132 valence electrons. The summed E-state index contributed by atoms with van der Waals surface area (Å²) in [7, 11) is 1.01. The Morgan fingerprint density at radius 1 is 1.29 bits per heavy atom. The molecule has 0 bridgehead atoms. The average molecular weight is 345 g/mol. The van der Waals surface area contributed by atoms with E-state index >= 15 is 0 Å². The molecule has 1 rings (SSSR count). The van der Waals surface area contributed by atoms with E-state index in [0.717, 1.165) is 12.7 Å². The fraction of sp³-hybridized carbons (Fsp3) is 0.375. The van der Waals surface area contributed by atoms with E-state index in [0.29, 0.717) is 0 Å². The number of rotatable bonds is 8. The van der Waals surface area contributed by atoms with Gasteiger partial charge in [-0.15, -0.1) is 6.58 Å². The van der Waals surface area contributed by atoms with Gasteiger partial charge in [0, 0.05) is 5.92 Å². The van der Waals surface area contributed by atoms with E-state index in [2.05, 4.69) is 11.3 Å². The van der Waals surface area contributed by atoms with E-state index in [4.69, 9.17) is 4.74 Å². The molecule has 0 fully saturated rings. The number of nitrogens with one attached hydrogen (secondary N) is 1. The Balaban J connectivity index is 2.72. The van der Waals surface area contributed by atoms with Crippen LogP contribution in [0.4, 0.5) is 13.2 Å². The Morgan fingerprint density at radius 2 is 1.92 bits per heavy atom. The molecule has 1 amide bonds. The molecule has 0 aliphatic carbocycles. The van der Waals surface area contributed by atoms with Gasteiger partial charge in [0.25, 0.3) is 0 Å². The Hall–Kier alpha value is -2.35. The van der Waals surface area contributed by atoms with Crippen molar-refractivity contribution >= 4 is 11.9 Å². The molecule has 1 aromatic carbocycles. The predicted molar refractivity (Wildman–Crippen MR) is 79.8 cm³/mol. The number of hydrogen-bond donors (Lipinski definition) is 1. The summed E-state index contributed by atoms with van der Waals surface area (Å²) in [6.45, 7) is 3.56. The molecule has 0 aromatic heterocycles. The zero-order valence-electron chi connectivity index (χ0n) is 13.0. The van der Waals surface area contributed by atoms with Crippen LogP contribution in [0, 0.1) is 5.92 Å². The van der Waals surface area contributed by atoms with Crippen LogP contribution in [0.3, 0.4) is 0 Å². The number of esters is 1. The molecule has 0 aliphatic rings. The summed E-state index contributed by atoms with van der Waals surface area (Å²) in [6.07, 6.45) is -3.87. The first kappa shape index (κ1) is 19.7. The van der Waals surface area contributed by atoms with Crippen molar-refractivity contribution in [2.45, 2.75) is 18.8 Å². The van der Waals surface area contributed by atoms with Crippen molar-refractivity contribution in [3.8, 4) is 0 Å². The number of carbonyl (C=O) groups is 2. The maximum absolute atomic E-state index is 12.4. The summed E-state index contributed by atoms with van der Waals surface area (Å²) in [5.41, 5.74) is 0.856. The molecular formula is C16H18F3NO4. The fourth-order valence-corrected chi connectivity index (χ4v) is 1.88. The Labute approximate surface area is 137 Å². The second kappa shape index (κ2) is 9.07. The Morgan fingerprint density at radius 3 is 2.42 bits per heavy atom. The van der Waals surface area contributed by atoms with Crippen LogP contribution < -0.4 is 5.32 Å². The number of halogens is 3. The molecule has 0 radical (unpaired) electrons. The number of benzene rings is 1. The molecule has 0 aliphatic heterocycles. The monoisotopic (exact) mass is 345 g/mol. The van der Waals surface area contributed by atoms with Crippen LogP contribution >= 0.6 is 0 Å². The van der Waals surface area contributed by atoms with E-state index in [1.54, 1.807) is 5.32 Å². The lowest BCUT2D eigenvalue weighted by Crippen LogP contribution is -2.51. The van der Waals surface area contributed by atoms with Crippen molar-refractivity contribution in [1.82, 2.24) is 5.32 Å². The molecule has 8 heteroatoms. The van der Waals surface area contributed by atoms with E-state index in [9.17, 15) is 22.8 Å². The maximum Gasteiger partial charge on any atom is 0.471 e. The van der Waals surface area contributed by atoms with Gasteiger partial charge in [-0.3, -0.25) is 4.79 Å². The zero-order chi connectivity index (χ0) is 18.2. The maximum atomic E-state index is 12.4. The third-order valence-corrected chi connectivity index (χ3v) is 3.15. The molecule has 1 aromatic rings. The molecule has 0 saturated heterocycles. The topological polar surface area (TPSA) is 64.6 Å². The quantitative estimate of drug-likeness (QED) is 0.580. The minimum atomic E-state index is -5.11. The highest BCUT2D eigenvalue weighted by Gasteiger charge is 2.42. The minimum absolute atomic E-state index is 0.115. The summed E-state index contributed by atoms with van der Waals surface area (Å²) < 4.78 is 47.0. The first-order valence-corrected chi connectivity index (χ1v) is 6.99. The molecule has 5 nitrogen and oxygen atoms in total. The third-order valence-electron chi connectivity index (χ3n) is 3.15. The highest BCUT2D eigenvalue weighted by molar-refractivity contribution is 5.87. The van der Waals surface area contributed by atoms with Crippen molar-refractivity contribution in [3.63, 3.8) is 0 Å². The van der Waals surface area contributed by atoms with Crippen molar-refractivity contribution in [2.24, 2.45) is 5.92 Å². The molecule has 0 saturated carbocycles. The number of methoxy groups -OCH3 is 1. The molecule has 2 atom stereocenters. The number of carbonyl (C=O) groups excluding carboxylic acids is 2. The summed E-state index contributed by atoms with van der Waals surface area (Å²) in [6, 6.07) is 7.53. The van der Waals surface area contributed by atoms with Gasteiger partial charge in [-0.2, -0.15) is 13.2 Å². The summed E-state index contributed by atoms with van der Waals surface area (Å²) in [5, 5.41) is 1.62. The van der Waals surface area contributed by atoms with Gasteiger partial charge in [-0.25, -0.2) is 4.79 Å². The largest absolute Gasteiger partial charge is 0.471 e. The van der Waals surface area contributed by atoms with E-state index in [1.165, 1.54) is 6.08 Å². The average Bonchev–Trinajstić information content (AvgIpc) is 2.56. The van der Waals surface area contributed by atoms with Gasteiger partial charge < -0.3 is 14.8 Å². The first-order valence-electron chi connectivity index (χ1n) is 6.99. The lowest BCUT2D eigenvalue weighted by Gasteiger charge is -2.24. The molecule has 0 heterocycles. The highest BCUT2D eigenvalue weighted by Crippen LogP contribution is 2.17. The minimum Gasteiger partial charge on any atom is -0.467 e. The van der Waals surface area contributed by atoms with Crippen molar-refractivity contribution in [1.29, 1.82) is 0 Å². The van der Waals surface area contributed by atoms with E-state index in [-0.39, 0.29) is 13.2 Å². The second-order valence-corrected chi connectivity index (χ2v) is 4.87. The lowest BCUT2D eigenvalue weighted by atomic mass is 10.0. The normalized spacial score (nSPS) is 13.7. The SMILES string of the molecule is C=C[C@H](COCc1ccccc1)[C@@H](NC(=O)C(F)(F)F)C(=O)OC. The summed E-state index contributed by atoms with van der Waals surface area (Å²) >= 11 is 0. The number of hydrogen-bond acceptors (Lipinski definition) is 4. The van der Waals surface area contributed by atoms with Crippen molar-refractivity contribution in [3.05, 3.63) is 48.6 Å². The van der Waals surface area contributed by atoms with E-state index < -0.39 is 30.0 Å². The Bertz CT molecular complexity index is 560. The van der Waals surface area contributed by atoms with E-state index in [1.807, 2.05) is 30.3 Å². The van der Waals surface area contributed by atoms with Gasteiger partial charge in [-0.05, 0) is 5.56 Å². The summed E-state index contributed by atoms with van der Waals surface area (Å²) in [5.74, 6) is -4.12. The van der Waals surface area contributed by atoms with Crippen LogP contribution in [0.15, 0.2) is 43.0 Å². The fourth-order valence-electron chi connectivity index (χ4n) is 1.88. The highest BCUT2D eigenvalue weighted by atomic mass is 19.4. The molecule has 0 spiro atoms. The van der Waals surface area contributed by atoms with Gasteiger partial charge in [-0.1, -0.05) is 36.4 Å². The predicted octanol–water partition coefficient (Wildman–Crippen LogP) is 2.23. The van der Waals surface area contributed by atoms with Crippen LogP contribution in [0.2, 0.25) is 0 Å². The van der Waals surface area contributed by atoms with Crippen molar-refractivity contribution < 1.29 is 32.2 Å². The first-order chi connectivity index (χ1) is 11.3. The Kier molecular flexibility index (Phi) is 7.44. The van der Waals surface area contributed by atoms with Crippen LogP contribution in [0.5, 0.6) is 0 Å². The lowest BCUT2D eigenvalue weighted by molar-refractivity contribution is -0.176. The number of ether oxygens (including phenoxy) is 2. The number of alkyl halides is 3. The van der Waals surface area contributed by atoms with Crippen molar-refractivity contribution in [2.75, 3.05) is 13.7 Å². The summed E-state index contributed by atoms with van der Waals surface area (Å²) in [4.78, 5) is 22.8. The smallest absolute Gasteiger partial charge is 0.467 e. The number of amides is 1. The molecule has 1 N–H and O–H groups in total. The van der Waals surface area contributed by atoms with Crippen LogP contribution in [-0.2, 0) is 25.7 Å². The molecular weight excluding hydrogens is 327 g/mol. The van der Waals surface area contributed by atoms with Gasteiger partial charge in [0.15, 0.2) is 0 Å². The van der Waals surface area contributed by atoms with Gasteiger partial charge in [0.1, 0.15) is 6.04 Å². The standard InChI is InChI=1S/C16H18F3NO4/c1-3-12(10-24-9-11-7-5-4-6-8-11)13(14(21)23-2)20-15(22)16(17,18)19/h3-8,12-13H,1,9-10H2,2H3,(H,20,22)/t12-,13-/m1/s1. The van der Waals surface area contributed by atoms with Crippen LogP contribution in [0.25, 0.3) is 0 Å². The van der Waals surface area contributed by atoms with Gasteiger partial charge in [0.2, 0.25) is 0 Å². The zero-order valence-corrected chi connectivity index (χ0v) is 13.0. The van der Waals surface area contributed by atoms with Gasteiger partial charge in [0.05, 0.1) is 20.3 Å². The van der Waals surface area contributed by atoms with Crippen LogP contribution in [-0.4, -0.2) is 37.8 Å². The third kappa shape index (κ3) is 6.04. The van der Waals surface area contributed by atoms with Crippen LogP contribution in [0.1, 0.15) is 5.56 Å². The molecule has 0 unspecified atom stereocenters.